The van der Waals surface area contributed by atoms with Gasteiger partial charge < -0.3 is 4.57 Å². The van der Waals surface area contributed by atoms with Crippen LogP contribution in [-0.2, 0) is 16.1 Å². The lowest BCUT2D eigenvalue weighted by molar-refractivity contribution is -0.138. The van der Waals surface area contributed by atoms with Crippen LogP contribution in [0.2, 0.25) is 0 Å². The Kier molecular flexibility index (Phi) is 3.72. The van der Waals surface area contributed by atoms with Crippen molar-refractivity contribution in [3.8, 4) is 0 Å². The van der Waals surface area contributed by atoms with Gasteiger partial charge in [-0.25, -0.2) is 9.97 Å². The van der Waals surface area contributed by atoms with Crippen LogP contribution >= 0.6 is 15.9 Å². The lowest BCUT2D eigenvalue weighted by Crippen LogP contribution is -2.32. The zero-order chi connectivity index (χ0) is 18.5. The summed E-state index contributed by atoms with van der Waals surface area (Å²) in [4.78, 5) is 34.9. The Balaban J connectivity index is 1.70. The minimum Gasteiger partial charge on any atom is -0.322 e. The first kappa shape index (κ1) is 16.4. The molecule has 3 heterocycles. The van der Waals surface area contributed by atoms with Crippen LogP contribution in [-0.4, -0.2) is 37.8 Å². The minimum absolute atomic E-state index is 0.0972. The van der Waals surface area contributed by atoms with E-state index in [0.29, 0.717) is 25.9 Å². The molecule has 0 radical (unpaired) electrons. The lowest BCUT2D eigenvalue weighted by atomic mass is 10.2. The van der Waals surface area contributed by atoms with Gasteiger partial charge in [-0.2, -0.15) is 0 Å². The van der Waals surface area contributed by atoms with Crippen LogP contribution in [0.25, 0.3) is 33.1 Å². The van der Waals surface area contributed by atoms with Gasteiger partial charge >= 0.3 is 0 Å². The number of carbonyl (C=O) groups is 2. The number of amides is 2. The molecule has 2 amide bonds. The maximum Gasteiger partial charge on any atom is 0.229 e. The smallest absolute Gasteiger partial charge is 0.229 e. The van der Waals surface area contributed by atoms with Gasteiger partial charge in [-0.3, -0.25) is 14.5 Å². The number of para-hydroxylation sites is 2. The standard InChI is InChI=1S/C20H15BrN4O2/c21-12-5-6-16-13(11-12)19-20(23-15-4-2-1-3-14(15)22-19)24(16)9-10-25-17(26)7-8-18(25)27/h1-6,11H,7-10H2. The van der Waals surface area contributed by atoms with Crippen molar-refractivity contribution in [1.29, 1.82) is 0 Å². The summed E-state index contributed by atoms with van der Waals surface area (Å²) in [5, 5.41) is 0.997. The second-order valence-corrected chi connectivity index (χ2v) is 7.55. The minimum atomic E-state index is -0.0972. The zero-order valence-electron chi connectivity index (χ0n) is 14.4. The summed E-state index contributed by atoms with van der Waals surface area (Å²) in [6, 6.07) is 13.8. The van der Waals surface area contributed by atoms with Crippen molar-refractivity contribution in [2.24, 2.45) is 0 Å². The van der Waals surface area contributed by atoms with Crippen molar-refractivity contribution in [3.05, 3.63) is 46.9 Å². The van der Waals surface area contributed by atoms with E-state index in [1.807, 2.05) is 42.5 Å². The second-order valence-electron chi connectivity index (χ2n) is 6.64. The monoisotopic (exact) mass is 422 g/mol. The maximum absolute atomic E-state index is 12.0. The highest BCUT2D eigenvalue weighted by atomic mass is 79.9. The Morgan fingerprint density at radius 2 is 1.63 bits per heavy atom. The number of fused-ring (bicyclic) bond motifs is 4. The fraction of sp³-hybridized carbons (Fsp3) is 0.200. The van der Waals surface area contributed by atoms with Crippen LogP contribution in [0.4, 0.5) is 0 Å². The number of imide groups is 1. The van der Waals surface area contributed by atoms with Crippen molar-refractivity contribution in [3.63, 3.8) is 0 Å². The summed E-state index contributed by atoms with van der Waals surface area (Å²) < 4.78 is 3.02. The van der Waals surface area contributed by atoms with Gasteiger partial charge in [0, 0.05) is 35.8 Å². The number of aromatic nitrogens is 3. The van der Waals surface area contributed by atoms with E-state index in [1.165, 1.54) is 4.90 Å². The highest BCUT2D eigenvalue weighted by molar-refractivity contribution is 9.10. The van der Waals surface area contributed by atoms with Crippen LogP contribution in [0.5, 0.6) is 0 Å². The van der Waals surface area contributed by atoms with Crippen molar-refractivity contribution in [1.82, 2.24) is 19.4 Å². The first-order chi connectivity index (χ1) is 13.1. The predicted octanol–water partition coefficient (Wildman–Crippen LogP) is 3.65. The summed E-state index contributed by atoms with van der Waals surface area (Å²) in [6.07, 6.45) is 0.618. The van der Waals surface area contributed by atoms with Gasteiger partial charge in [0.2, 0.25) is 11.8 Å². The molecule has 27 heavy (non-hydrogen) atoms. The SMILES string of the molecule is O=C1CCC(=O)N1CCn1c2ccc(Br)cc2c2nc3ccccc3nc21. The van der Waals surface area contributed by atoms with Crippen molar-refractivity contribution in [2.75, 3.05) is 6.54 Å². The first-order valence-corrected chi connectivity index (χ1v) is 9.58. The number of nitrogens with zero attached hydrogens (tertiary/aromatic N) is 4. The van der Waals surface area contributed by atoms with E-state index in [9.17, 15) is 9.59 Å². The van der Waals surface area contributed by atoms with Crippen LogP contribution < -0.4 is 0 Å². The Labute approximate surface area is 162 Å². The number of hydrogen-bond donors (Lipinski definition) is 0. The predicted molar refractivity (Wildman–Crippen MR) is 106 cm³/mol. The fourth-order valence-electron chi connectivity index (χ4n) is 3.71. The third-order valence-electron chi connectivity index (χ3n) is 5.01. The summed E-state index contributed by atoms with van der Waals surface area (Å²) in [6.45, 7) is 0.841. The van der Waals surface area contributed by atoms with E-state index in [4.69, 9.17) is 9.97 Å². The molecule has 0 unspecified atom stereocenters. The third kappa shape index (κ3) is 2.61. The molecule has 0 aliphatic carbocycles. The van der Waals surface area contributed by atoms with Gasteiger partial charge in [0.05, 0.1) is 16.6 Å². The van der Waals surface area contributed by atoms with Gasteiger partial charge in [0.25, 0.3) is 0 Å². The van der Waals surface area contributed by atoms with E-state index < -0.39 is 0 Å². The molecular weight excluding hydrogens is 408 g/mol. The average Bonchev–Trinajstić information content (AvgIpc) is 3.15. The molecule has 7 heteroatoms. The third-order valence-corrected chi connectivity index (χ3v) is 5.51. The van der Waals surface area contributed by atoms with E-state index in [0.717, 1.165) is 37.6 Å². The first-order valence-electron chi connectivity index (χ1n) is 8.79. The zero-order valence-corrected chi connectivity index (χ0v) is 15.9. The number of carbonyl (C=O) groups excluding carboxylic acids is 2. The van der Waals surface area contributed by atoms with Crippen LogP contribution in [0.15, 0.2) is 46.9 Å². The largest absolute Gasteiger partial charge is 0.322 e. The maximum atomic E-state index is 12.0. The number of hydrogen-bond acceptors (Lipinski definition) is 4. The van der Waals surface area contributed by atoms with Crippen LogP contribution in [0.1, 0.15) is 12.8 Å². The normalized spacial score (nSPS) is 14.9. The average molecular weight is 423 g/mol. The van der Waals surface area contributed by atoms with Crippen molar-refractivity contribution >= 4 is 60.8 Å². The molecule has 5 rings (SSSR count). The van der Waals surface area contributed by atoms with Gasteiger partial charge in [-0.1, -0.05) is 28.1 Å². The fourth-order valence-corrected chi connectivity index (χ4v) is 4.07. The van der Waals surface area contributed by atoms with Gasteiger partial charge in [-0.15, -0.1) is 0 Å². The molecule has 2 aromatic heterocycles. The highest BCUT2D eigenvalue weighted by Gasteiger charge is 2.28. The van der Waals surface area contributed by atoms with Crippen molar-refractivity contribution < 1.29 is 9.59 Å². The topological polar surface area (TPSA) is 68.1 Å². The molecule has 0 bridgehead atoms. The lowest BCUT2D eigenvalue weighted by Gasteiger charge is -2.15. The summed E-state index contributed by atoms with van der Waals surface area (Å²) in [7, 11) is 0. The molecule has 4 aromatic rings. The number of halogens is 1. The molecule has 1 saturated heterocycles. The molecule has 0 N–H and O–H groups in total. The van der Waals surface area contributed by atoms with E-state index >= 15 is 0 Å². The van der Waals surface area contributed by atoms with E-state index in [2.05, 4.69) is 20.5 Å². The van der Waals surface area contributed by atoms with Crippen molar-refractivity contribution in [2.45, 2.75) is 19.4 Å². The van der Waals surface area contributed by atoms with Gasteiger partial charge in [0.1, 0.15) is 5.52 Å². The number of benzene rings is 2. The van der Waals surface area contributed by atoms with E-state index in [-0.39, 0.29) is 11.8 Å². The van der Waals surface area contributed by atoms with Crippen LogP contribution in [0.3, 0.4) is 0 Å². The van der Waals surface area contributed by atoms with Gasteiger partial charge in [0.15, 0.2) is 5.65 Å². The Hall–Kier alpha value is -2.80. The number of rotatable bonds is 3. The Morgan fingerprint density at radius 3 is 2.37 bits per heavy atom. The molecule has 0 spiro atoms. The molecular formula is C20H15BrN4O2. The summed E-state index contributed by atoms with van der Waals surface area (Å²) in [5.74, 6) is -0.194. The highest BCUT2D eigenvalue weighted by Crippen LogP contribution is 2.30. The second kappa shape index (κ2) is 6.13. The molecule has 0 atom stereocenters. The molecule has 1 aliphatic rings. The number of likely N-dealkylation sites (tertiary alicyclic amines) is 1. The van der Waals surface area contributed by atoms with Gasteiger partial charge in [-0.05, 0) is 30.3 Å². The molecule has 6 nitrogen and oxygen atoms in total. The molecule has 1 fully saturated rings. The Morgan fingerprint density at radius 1 is 0.926 bits per heavy atom. The van der Waals surface area contributed by atoms with E-state index in [1.54, 1.807) is 0 Å². The van der Waals surface area contributed by atoms with Crippen LogP contribution in [0, 0.1) is 0 Å². The summed E-state index contributed by atoms with van der Waals surface area (Å²) >= 11 is 3.53. The molecule has 2 aromatic carbocycles. The molecule has 134 valence electrons. The molecule has 0 saturated carbocycles. The quantitative estimate of drug-likeness (QED) is 0.472. The Bertz CT molecular complexity index is 1230. The summed E-state index contributed by atoms with van der Waals surface area (Å²) in [5.41, 5.74) is 4.24. The molecule has 1 aliphatic heterocycles.